The second-order valence-electron chi connectivity index (χ2n) is 4.93. The fraction of sp³-hybridized carbons (Fsp3) is 0.600. The maximum atomic E-state index is 10.4. The summed E-state index contributed by atoms with van der Waals surface area (Å²) in [5, 5.41) is 22.9. The third-order valence-electron chi connectivity index (χ3n) is 3.39. The predicted octanol–water partition coefficient (Wildman–Crippen LogP) is 1.79. The molecule has 3 N–H and O–H groups in total. The number of methoxy groups -OCH3 is 1. The van der Waals surface area contributed by atoms with Gasteiger partial charge in [-0.2, -0.15) is 0 Å². The van der Waals surface area contributed by atoms with Gasteiger partial charge in [0.2, 0.25) is 0 Å². The zero-order valence-corrected chi connectivity index (χ0v) is 12.2. The Labute approximate surface area is 115 Å². The summed E-state index contributed by atoms with van der Waals surface area (Å²) in [5.41, 5.74) is 1.85. The van der Waals surface area contributed by atoms with Crippen LogP contribution in [-0.4, -0.2) is 36.0 Å². The summed E-state index contributed by atoms with van der Waals surface area (Å²) in [6, 6.07) is 5.59. The minimum absolute atomic E-state index is 0.000420. The summed E-state index contributed by atoms with van der Waals surface area (Å²) >= 11 is 0. The van der Waals surface area contributed by atoms with Crippen LogP contribution in [0, 0.1) is 6.92 Å². The van der Waals surface area contributed by atoms with Gasteiger partial charge in [0.1, 0.15) is 5.75 Å². The lowest BCUT2D eigenvalue weighted by molar-refractivity contribution is 0.116. The standard InChI is InChI=1S/C15H25NO3/c1-5-12(9-17)16-11(3)15(18)13-8-10(2)6-7-14(13)19-4/h6-8,11-12,15-18H,5,9H2,1-4H3. The zero-order chi connectivity index (χ0) is 14.4. The molecule has 1 rings (SSSR count). The van der Waals surface area contributed by atoms with Crippen molar-refractivity contribution in [2.75, 3.05) is 13.7 Å². The molecule has 1 aromatic carbocycles. The van der Waals surface area contributed by atoms with Gasteiger partial charge in [0.25, 0.3) is 0 Å². The van der Waals surface area contributed by atoms with Crippen molar-refractivity contribution in [1.29, 1.82) is 0 Å². The lowest BCUT2D eigenvalue weighted by atomic mass is 9.99. The summed E-state index contributed by atoms with van der Waals surface area (Å²) < 4.78 is 5.29. The van der Waals surface area contributed by atoms with Crippen LogP contribution in [0.5, 0.6) is 5.75 Å². The van der Waals surface area contributed by atoms with Crippen molar-refractivity contribution in [3.63, 3.8) is 0 Å². The van der Waals surface area contributed by atoms with E-state index in [9.17, 15) is 10.2 Å². The van der Waals surface area contributed by atoms with Crippen LogP contribution >= 0.6 is 0 Å². The van der Waals surface area contributed by atoms with Crippen LogP contribution in [-0.2, 0) is 0 Å². The van der Waals surface area contributed by atoms with E-state index in [-0.39, 0.29) is 18.7 Å². The number of benzene rings is 1. The van der Waals surface area contributed by atoms with Gasteiger partial charge in [-0.25, -0.2) is 0 Å². The fourth-order valence-corrected chi connectivity index (χ4v) is 2.12. The molecule has 0 spiro atoms. The zero-order valence-electron chi connectivity index (χ0n) is 12.2. The number of hydrogen-bond acceptors (Lipinski definition) is 4. The molecular weight excluding hydrogens is 242 g/mol. The molecule has 0 heterocycles. The van der Waals surface area contributed by atoms with Crippen molar-refractivity contribution in [3.05, 3.63) is 29.3 Å². The topological polar surface area (TPSA) is 61.7 Å². The van der Waals surface area contributed by atoms with E-state index in [2.05, 4.69) is 5.32 Å². The molecule has 3 atom stereocenters. The first-order valence-electron chi connectivity index (χ1n) is 6.73. The van der Waals surface area contributed by atoms with Crippen molar-refractivity contribution in [2.45, 2.75) is 45.4 Å². The summed E-state index contributed by atoms with van der Waals surface area (Å²) in [7, 11) is 1.60. The van der Waals surface area contributed by atoms with Gasteiger partial charge in [-0.1, -0.05) is 18.6 Å². The SMILES string of the molecule is CCC(CO)NC(C)C(O)c1cc(C)ccc1OC. The van der Waals surface area contributed by atoms with Crippen molar-refractivity contribution < 1.29 is 14.9 Å². The van der Waals surface area contributed by atoms with Gasteiger partial charge >= 0.3 is 0 Å². The maximum absolute atomic E-state index is 10.4. The molecule has 0 radical (unpaired) electrons. The summed E-state index contributed by atoms with van der Waals surface area (Å²) in [4.78, 5) is 0. The average Bonchev–Trinajstić information content (AvgIpc) is 2.43. The lowest BCUT2D eigenvalue weighted by Gasteiger charge is -2.26. The smallest absolute Gasteiger partial charge is 0.124 e. The Morgan fingerprint density at radius 1 is 1.37 bits per heavy atom. The molecule has 108 valence electrons. The van der Waals surface area contributed by atoms with Crippen molar-refractivity contribution in [3.8, 4) is 5.75 Å². The molecule has 0 saturated carbocycles. The van der Waals surface area contributed by atoms with Crippen LogP contribution in [0.2, 0.25) is 0 Å². The van der Waals surface area contributed by atoms with Gasteiger partial charge in [0.05, 0.1) is 19.8 Å². The minimum Gasteiger partial charge on any atom is -0.496 e. The molecule has 0 bridgehead atoms. The van der Waals surface area contributed by atoms with E-state index >= 15 is 0 Å². The Bertz CT molecular complexity index is 391. The Hall–Kier alpha value is -1.10. The molecular formula is C15H25NO3. The molecule has 0 fully saturated rings. The number of ether oxygens (including phenoxy) is 1. The third kappa shape index (κ3) is 4.20. The van der Waals surface area contributed by atoms with Crippen LogP contribution in [0.15, 0.2) is 18.2 Å². The van der Waals surface area contributed by atoms with E-state index in [1.807, 2.05) is 39.0 Å². The van der Waals surface area contributed by atoms with E-state index < -0.39 is 6.10 Å². The molecule has 1 aromatic rings. The largest absolute Gasteiger partial charge is 0.496 e. The Morgan fingerprint density at radius 3 is 2.58 bits per heavy atom. The summed E-state index contributed by atoms with van der Waals surface area (Å²) in [5.74, 6) is 0.684. The highest BCUT2D eigenvalue weighted by Gasteiger charge is 2.22. The third-order valence-corrected chi connectivity index (χ3v) is 3.39. The first-order valence-corrected chi connectivity index (χ1v) is 6.73. The van der Waals surface area contributed by atoms with Crippen molar-refractivity contribution >= 4 is 0 Å². The van der Waals surface area contributed by atoms with E-state index in [0.717, 1.165) is 17.5 Å². The molecule has 0 aliphatic rings. The van der Waals surface area contributed by atoms with E-state index in [1.54, 1.807) is 7.11 Å². The average molecular weight is 267 g/mol. The number of aryl methyl sites for hydroxylation is 1. The van der Waals surface area contributed by atoms with E-state index in [4.69, 9.17) is 4.74 Å². The van der Waals surface area contributed by atoms with Crippen molar-refractivity contribution in [1.82, 2.24) is 5.32 Å². The highest BCUT2D eigenvalue weighted by molar-refractivity contribution is 5.39. The minimum atomic E-state index is -0.671. The Balaban J connectivity index is 2.86. The van der Waals surface area contributed by atoms with Gasteiger partial charge in [0, 0.05) is 17.6 Å². The molecule has 3 unspecified atom stereocenters. The van der Waals surface area contributed by atoms with Crippen LogP contribution < -0.4 is 10.1 Å². The summed E-state index contributed by atoms with van der Waals surface area (Å²) in [6.45, 7) is 5.96. The monoisotopic (exact) mass is 267 g/mol. The normalized spacial score (nSPS) is 15.9. The molecule has 4 heteroatoms. The van der Waals surface area contributed by atoms with Crippen LogP contribution in [0.25, 0.3) is 0 Å². The number of nitrogens with one attached hydrogen (secondary N) is 1. The van der Waals surface area contributed by atoms with Gasteiger partial charge in [-0.15, -0.1) is 0 Å². The predicted molar refractivity (Wildman–Crippen MR) is 76.5 cm³/mol. The highest BCUT2D eigenvalue weighted by Crippen LogP contribution is 2.28. The summed E-state index contributed by atoms with van der Waals surface area (Å²) in [6.07, 6.45) is 0.147. The van der Waals surface area contributed by atoms with Crippen LogP contribution in [0.1, 0.15) is 37.5 Å². The highest BCUT2D eigenvalue weighted by atomic mass is 16.5. The number of aliphatic hydroxyl groups is 2. The molecule has 0 aliphatic heterocycles. The molecule has 4 nitrogen and oxygen atoms in total. The van der Waals surface area contributed by atoms with Crippen LogP contribution in [0.3, 0.4) is 0 Å². The molecule has 0 aliphatic carbocycles. The lowest BCUT2D eigenvalue weighted by Crippen LogP contribution is -2.41. The van der Waals surface area contributed by atoms with Gasteiger partial charge < -0.3 is 20.3 Å². The Kier molecular flexibility index (Phi) is 6.28. The van der Waals surface area contributed by atoms with E-state index in [1.165, 1.54) is 0 Å². The van der Waals surface area contributed by atoms with Crippen LogP contribution in [0.4, 0.5) is 0 Å². The van der Waals surface area contributed by atoms with Gasteiger partial charge in [0.15, 0.2) is 0 Å². The number of hydrogen-bond donors (Lipinski definition) is 3. The number of aliphatic hydroxyl groups excluding tert-OH is 2. The maximum Gasteiger partial charge on any atom is 0.124 e. The quantitative estimate of drug-likeness (QED) is 0.705. The first-order chi connectivity index (χ1) is 9.03. The molecule has 0 amide bonds. The first kappa shape index (κ1) is 16.0. The van der Waals surface area contributed by atoms with Gasteiger partial charge in [-0.05, 0) is 32.4 Å². The van der Waals surface area contributed by atoms with Gasteiger partial charge in [-0.3, -0.25) is 0 Å². The molecule has 0 aromatic heterocycles. The molecule has 19 heavy (non-hydrogen) atoms. The second kappa shape index (κ2) is 7.48. The second-order valence-corrected chi connectivity index (χ2v) is 4.93. The number of rotatable bonds is 7. The van der Waals surface area contributed by atoms with Crippen molar-refractivity contribution in [2.24, 2.45) is 0 Å². The fourth-order valence-electron chi connectivity index (χ4n) is 2.12. The Morgan fingerprint density at radius 2 is 2.05 bits per heavy atom. The van der Waals surface area contributed by atoms with E-state index in [0.29, 0.717) is 5.75 Å². The molecule has 0 saturated heterocycles.